The monoisotopic (exact) mass is 517 g/mol. The first-order valence-corrected chi connectivity index (χ1v) is 11.9. The van der Waals surface area contributed by atoms with E-state index in [1.54, 1.807) is 12.1 Å². The van der Waals surface area contributed by atoms with Gasteiger partial charge < -0.3 is 25.8 Å². The molecule has 0 unspecified atom stereocenters. The zero-order chi connectivity index (χ0) is 26.8. The molecule has 3 aromatic rings. The molecule has 2 aliphatic heterocycles. The molecule has 1 saturated heterocycles. The van der Waals surface area contributed by atoms with Gasteiger partial charge in [-0.25, -0.2) is 4.39 Å². The number of aromatic hydroxyl groups is 1. The van der Waals surface area contributed by atoms with E-state index in [4.69, 9.17) is 4.74 Å². The van der Waals surface area contributed by atoms with Crippen molar-refractivity contribution in [1.29, 1.82) is 0 Å². The number of carbonyl (C=O) groups is 3. The van der Waals surface area contributed by atoms with Gasteiger partial charge in [0.1, 0.15) is 11.3 Å². The van der Waals surface area contributed by atoms with Gasteiger partial charge in [0.05, 0.1) is 31.4 Å². The summed E-state index contributed by atoms with van der Waals surface area (Å²) in [6, 6.07) is 12.6. The van der Waals surface area contributed by atoms with Gasteiger partial charge in [-0.2, -0.15) is 10.2 Å². The summed E-state index contributed by atoms with van der Waals surface area (Å²) in [6.45, 7) is 1.44. The third-order valence-corrected chi connectivity index (χ3v) is 6.55. The Morgan fingerprint density at radius 3 is 2.26 bits per heavy atom. The van der Waals surface area contributed by atoms with Crippen LogP contribution in [-0.4, -0.2) is 55.0 Å². The first-order valence-electron chi connectivity index (χ1n) is 11.9. The van der Waals surface area contributed by atoms with E-state index in [1.807, 2.05) is 6.07 Å². The number of methoxy groups -OCH3 is 1. The Kier molecular flexibility index (Phi) is 6.84. The Morgan fingerprint density at radius 2 is 1.58 bits per heavy atom. The number of fused-ring (bicyclic) bond motifs is 1. The lowest BCUT2D eigenvalue weighted by atomic mass is 10.00. The SMILES string of the molecule is COc1ccc(O)c(C(=O)c2ccc(C(=O)N[C@@H]3CNC[C@H]3NC(=O)c3ccc4c(c3)N=NC4)cc2)c1F. The topological polar surface area (TPSA) is 141 Å². The molecule has 0 bridgehead atoms. The third-order valence-electron chi connectivity index (χ3n) is 6.55. The van der Waals surface area contributed by atoms with Crippen LogP contribution in [0, 0.1) is 5.82 Å². The van der Waals surface area contributed by atoms with Crippen LogP contribution in [-0.2, 0) is 6.54 Å². The molecule has 1 fully saturated rings. The van der Waals surface area contributed by atoms with E-state index in [0.717, 1.165) is 5.56 Å². The molecule has 0 radical (unpaired) electrons. The van der Waals surface area contributed by atoms with E-state index in [0.29, 0.717) is 30.9 Å². The van der Waals surface area contributed by atoms with Gasteiger partial charge >= 0.3 is 0 Å². The number of nitrogens with zero attached hydrogens (tertiary/aromatic N) is 2. The lowest BCUT2D eigenvalue weighted by Gasteiger charge is -2.21. The van der Waals surface area contributed by atoms with Crippen LogP contribution in [0.25, 0.3) is 0 Å². The van der Waals surface area contributed by atoms with E-state index in [9.17, 15) is 23.9 Å². The standard InChI is InChI=1S/C27H24FN5O5/c1-38-22-9-8-21(34)23(24(22)28)25(35)14-2-4-15(5-3-14)26(36)31-19-12-29-13-20(19)32-27(37)16-6-7-17-11-30-33-18(17)10-16/h2-10,19-20,29,34H,11-13H2,1H3,(H,31,36)(H,32,37)/t19-,20-/m1/s1. The molecule has 4 N–H and O–H groups in total. The highest BCUT2D eigenvalue weighted by atomic mass is 19.1. The van der Waals surface area contributed by atoms with E-state index < -0.39 is 28.8 Å². The number of halogens is 1. The molecule has 2 atom stereocenters. The van der Waals surface area contributed by atoms with Crippen LogP contribution < -0.4 is 20.7 Å². The van der Waals surface area contributed by atoms with Crippen molar-refractivity contribution in [3.63, 3.8) is 0 Å². The number of benzene rings is 3. The minimum Gasteiger partial charge on any atom is -0.507 e. The number of hydrogen-bond acceptors (Lipinski definition) is 8. The maximum Gasteiger partial charge on any atom is 0.251 e. The molecule has 0 aliphatic carbocycles. The predicted molar refractivity (Wildman–Crippen MR) is 135 cm³/mol. The number of ketones is 1. The fourth-order valence-corrected chi connectivity index (χ4v) is 4.44. The predicted octanol–water partition coefficient (Wildman–Crippen LogP) is 2.87. The molecular weight excluding hydrogens is 493 g/mol. The summed E-state index contributed by atoms with van der Waals surface area (Å²) in [6.07, 6.45) is 0. The quantitative estimate of drug-likeness (QED) is 0.355. The normalized spacial score (nSPS) is 17.6. The Hall–Kier alpha value is -4.64. The summed E-state index contributed by atoms with van der Waals surface area (Å²) in [5.41, 5.74) is 1.96. The van der Waals surface area contributed by atoms with Crippen molar-refractivity contribution in [3.05, 3.63) is 88.2 Å². The van der Waals surface area contributed by atoms with Gasteiger partial charge in [-0.1, -0.05) is 18.2 Å². The second-order valence-corrected chi connectivity index (χ2v) is 8.94. The number of hydrogen-bond donors (Lipinski definition) is 4. The van der Waals surface area contributed by atoms with Gasteiger partial charge in [0.25, 0.3) is 11.8 Å². The Balaban J connectivity index is 1.24. The van der Waals surface area contributed by atoms with Crippen LogP contribution in [0.15, 0.2) is 64.8 Å². The number of phenolic OH excluding ortho intramolecular Hbond substituents is 1. The summed E-state index contributed by atoms with van der Waals surface area (Å²) in [7, 11) is 1.26. The van der Waals surface area contributed by atoms with Gasteiger partial charge in [0.2, 0.25) is 0 Å². The Labute approximate surface area is 216 Å². The van der Waals surface area contributed by atoms with Crippen LogP contribution in [0.5, 0.6) is 11.5 Å². The van der Waals surface area contributed by atoms with E-state index in [2.05, 4.69) is 26.2 Å². The molecule has 194 valence electrons. The molecule has 5 rings (SSSR count). The first-order chi connectivity index (χ1) is 18.4. The van der Waals surface area contributed by atoms with Gasteiger partial charge in [0.15, 0.2) is 17.3 Å². The van der Waals surface area contributed by atoms with Crippen molar-refractivity contribution >= 4 is 23.3 Å². The van der Waals surface area contributed by atoms with Gasteiger partial charge in [-0.3, -0.25) is 14.4 Å². The second kappa shape index (κ2) is 10.4. The van der Waals surface area contributed by atoms with Crippen molar-refractivity contribution in [2.24, 2.45) is 10.2 Å². The second-order valence-electron chi connectivity index (χ2n) is 8.94. The Morgan fingerprint density at radius 1 is 0.947 bits per heavy atom. The van der Waals surface area contributed by atoms with Gasteiger partial charge in [-0.05, 0) is 36.4 Å². The molecule has 11 heteroatoms. The van der Waals surface area contributed by atoms with Crippen LogP contribution in [0.3, 0.4) is 0 Å². The smallest absolute Gasteiger partial charge is 0.251 e. The maximum absolute atomic E-state index is 14.6. The van der Waals surface area contributed by atoms with Crippen LogP contribution in [0.2, 0.25) is 0 Å². The highest BCUT2D eigenvalue weighted by Crippen LogP contribution is 2.30. The fraction of sp³-hybridized carbons (Fsp3) is 0.222. The fourth-order valence-electron chi connectivity index (χ4n) is 4.44. The van der Waals surface area contributed by atoms with E-state index in [1.165, 1.54) is 43.5 Å². The molecule has 2 aliphatic rings. The zero-order valence-corrected chi connectivity index (χ0v) is 20.3. The number of rotatable bonds is 7. The van der Waals surface area contributed by atoms with Crippen molar-refractivity contribution < 1.29 is 28.6 Å². The maximum atomic E-state index is 14.6. The van der Waals surface area contributed by atoms with Gasteiger partial charge in [0, 0.05) is 35.3 Å². The van der Waals surface area contributed by atoms with Crippen molar-refractivity contribution in [2.75, 3.05) is 20.2 Å². The number of phenols is 1. The molecule has 38 heavy (non-hydrogen) atoms. The zero-order valence-electron chi connectivity index (χ0n) is 20.3. The van der Waals surface area contributed by atoms with Crippen molar-refractivity contribution in [1.82, 2.24) is 16.0 Å². The summed E-state index contributed by atoms with van der Waals surface area (Å²) in [5, 5.41) is 27.0. The summed E-state index contributed by atoms with van der Waals surface area (Å²) in [4.78, 5) is 38.5. The van der Waals surface area contributed by atoms with Crippen molar-refractivity contribution in [3.8, 4) is 11.5 Å². The average Bonchev–Trinajstić information content (AvgIpc) is 3.57. The lowest BCUT2D eigenvalue weighted by molar-refractivity contribution is 0.0896. The number of nitrogens with one attached hydrogen (secondary N) is 3. The molecule has 0 saturated carbocycles. The average molecular weight is 518 g/mol. The first kappa shape index (κ1) is 25.0. The molecule has 0 spiro atoms. The summed E-state index contributed by atoms with van der Waals surface area (Å²) < 4.78 is 19.5. The van der Waals surface area contributed by atoms with E-state index >= 15 is 0 Å². The molecule has 2 heterocycles. The van der Waals surface area contributed by atoms with Gasteiger partial charge in [-0.15, -0.1) is 0 Å². The van der Waals surface area contributed by atoms with Crippen molar-refractivity contribution in [2.45, 2.75) is 18.6 Å². The molecular formula is C27H24FN5O5. The lowest BCUT2D eigenvalue weighted by Crippen LogP contribution is -2.51. The molecule has 10 nitrogen and oxygen atoms in total. The minimum absolute atomic E-state index is 0.0885. The summed E-state index contributed by atoms with van der Waals surface area (Å²) >= 11 is 0. The highest BCUT2D eigenvalue weighted by molar-refractivity contribution is 6.11. The van der Waals surface area contributed by atoms with E-state index in [-0.39, 0.29) is 34.9 Å². The molecule has 3 aromatic carbocycles. The van der Waals surface area contributed by atoms with Crippen LogP contribution >= 0.6 is 0 Å². The highest BCUT2D eigenvalue weighted by Gasteiger charge is 2.30. The Bertz CT molecular complexity index is 1460. The number of ether oxygens (including phenoxy) is 1. The van der Waals surface area contributed by atoms with Crippen LogP contribution in [0.1, 0.15) is 42.2 Å². The number of azo groups is 1. The third kappa shape index (κ3) is 4.83. The number of amides is 2. The minimum atomic E-state index is -0.967. The summed E-state index contributed by atoms with van der Waals surface area (Å²) in [5.74, 6) is -3.08. The van der Waals surface area contributed by atoms with Crippen LogP contribution in [0.4, 0.5) is 10.1 Å². The molecule has 0 aromatic heterocycles. The number of carbonyl (C=O) groups excluding carboxylic acids is 3. The molecule has 2 amide bonds. The largest absolute Gasteiger partial charge is 0.507 e.